The summed E-state index contributed by atoms with van der Waals surface area (Å²) in [7, 11) is -3.98. The molecule has 1 aliphatic heterocycles. The van der Waals surface area contributed by atoms with Crippen molar-refractivity contribution >= 4 is 7.82 Å². The first-order valence-corrected chi connectivity index (χ1v) is 11.2. The molecule has 0 spiro atoms. The molecule has 3 aromatic rings. The van der Waals surface area contributed by atoms with Gasteiger partial charge in [0, 0.05) is 17.0 Å². The topological polar surface area (TPSA) is 44.8 Å². The lowest BCUT2D eigenvalue weighted by molar-refractivity contribution is 0.291. The van der Waals surface area contributed by atoms with Crippen LogP contribution in [0.1, 0.15) is 46.2 Å². The molecule has 4 rings (SSSR count). The molecule has 29 heavy (non-hydrogen) atoms. The van der Waals surface area contributed by atoms with Crippen LogP contribution in [0.3, 0.4) is 0 Å². The molecule has 1 heterocycles. The van der Waals surface area contributed by atoms with E-state index in [1.54, 1.807) is 12.1 Å². The van der Waals surface area contributed by atoms with Gasteiger partial charge >= 0.3 is 7.82 Å². The Kier molecular flexibility index (Phi) is 4.92. The molecule has 0 aliphatic carbocycles. The average molecular weight is 408 g/mol. The van der Waals surface area contributed by atoms with E-state index in [0.29, 0.717) is 17.2 Å². The van der Waals surface area contributed by atoms with E-state index in [9.17, 15) is 4.57 Å². The first-order valence-electron chi connectivity index (χ1n) is 9.72. The molecule has 0 unspecified atom stereocenters. The average Bonchev–Trinajstić information content (AvgIpc) is 2.65. The van der Waals surface area contributed by atoms with Crippen LogP contribution >= 0.6 is 7.82 Å². The quantitative estimate of drug-likeness (QED) is 0.427. The van der Waals surface area contributed by atoms with Crippen LogP contribution < -0.4 is 13.6 Å². The van der Waals surface area contributed by atoms with Crippen LogP contribution in [0.15, 0.2) is 54.6 Å². The van der Waals surface area contributed by atoms with Crippen LogP contribution in [0.25, 0.3) is 0 Å². The summed E-state index contributed by atoms with van der Waals surface area (Å²) in [5, 5.41) is 0. The number of benzene rings is 3. The van der Waals surface area contributed by atoms with Crippen LogP contribution in [-0.2, 0) is 4.57 Å². The van der Waals surface area contributed by atoms with Crippen molar-refractivity contribution in [2.75, 3.05) is 0 Å². The van der Waals surface area contributed by atoms with Gasteiger partial charge in [0.25, 0.3) is 0 Å². The number of phosphoric ester groups is 1. The van der Waals surface area contributed by atoms with Gasteiger partial charge in [0.15, 0.2) is 0 Å². The minimum Gasteiger partial charge on any atom is -0.386 e. The van der Waals surface area contributed by atoms with Crippen LogP contribution in [0.2, 0.25) is 0 Å². The van der Waals surface area contributed by atoms with Gasteiger partial charge in [0.2, 0.25) is 0 Å². The molecular formula is C24H25O4P. The van der Waals surface area contributed by atoms with Crippen molar-refractivity contribution in [2.45, 2.75) is 40.5 Å². The van der Waals surface area contributed by atoms with Gasteiger partial charge in [-0.15, -0.1) is 0 Å². The highest BCUT2D eigenvalue weighted by Gasteiger charge is 2.39. The molecule has 0 saturated carbocycles. The normalized spacial score (nSPS) is 20.4. The Bertz CT molecular complexity index is 1060. The number of aryl methyl sites for hydroxylation is 4. The van der Waals surface area contributed by atoms with Gasteiger partial charge in [-0.05, 0) is 51.0 Å². The molecular weight excluding hydrogens is 383 g/mol. The Morgan fingerprint density at radius 3 is 1.76 bits per heavy atom. The van der Waals surface area contributed by atoms with Crippen molar-refractivity contribution in [2.24, 2.45) is 0 Å². The molecule has 150 valence electrons. The number of phosphoric acid groups is 1. The summed E-state index contributed by atoms with van der Waals surface area (Å²) >= 11 is 0. The maximum absolute atomic E-state index is 13.8. The summed E-state index contributed by atoms with van der Waals surface area (Å²) in [5.74, 6) is 1.57. The van der Waals surface area contributed by atoms with E-state index >= 15 is 0 Å². The molecule has 0 atom stereocenters. The van der Waals surface area contributed by atoms with Crippen molar-refractivity contribution in [3.63, 3.8) is 0 Å². The second kappa shape index (κ2) is 7.27. The smallest absolute Gasteiger partial charge is 0.386 e. The number of hydrogen-bond acceptors (Lipinski definition) is 4. The fourth-order valence-electron chi connectivity index (χ4n) is 3.92. The van der Waals surface area contributed by atoms with Gasteiger partial charge < -0.3 is 13.6 Å². The third-order valence-corrected chi connectivity index (χ3v) is 6.44. The zero-order valence-corrected chi connectivity index (χ0v) is 18.2. The molecule has 0 fully saturated rings. The summed E-state index contributed by atoms with van der Waals surface area (Å²) in [6.45, 7) is 10.1. The van der Waals surface area contributed by atoms with Crippen molar-refractivity contribution in [1.29, 1.82) is 0 Å². The molecule has 5 heteroatoms. The Balaban J connectivity index is 1.94. The van der Waals surface area contributed by atoms with Crippen LogP contribution in [-0.4, -0.2) is 0 Å². The lowest BCUT2D eigenvalue weighted by Gasteiger charge is -2.30. The Labute approximate surface area is 172 Å². The Hall–Kier alpha value is -2.71. The molecule has 0 saturated heterocycles. The van der Waals surface area contributed by atoms with Crippen LogP contribution in [0.5, 0.6) is 17.2 Å². The van der Waals surface area contributed by atoms with Crippen LogP contribution in [0.4, 0.5) is 0 Å². The fourth-order valence-corrected chi connectivity index (χ4v) is 5.36. The van der Waals surface area contributed by atoms with Crippen molar-refractivity contribution in [1.82, 2.24) is 0 Å². The monoisotopic (exact) mass is 408 g/mol. The van der Waals surface area contributed by atoms with E-state index in [2.05, 4.69) is 32.9 Å². The molecule has 4 nitrogen and oxygen atoms in total. The zero-order valence-electron chi connectivity index (χ0n) is 17.4. The van der Waals surface area contributed by atoms with E-state index in [1.165, 1.54) is 0 Å². The fraction of sp³-hybridized carbons (Fsp3) is 0.250. The number of hydrogen-bond donors (Lipinski definition) is 0. The lowest BCUT2D eigenvalue weighted by Crippen LogP contribution is -2.15. The molecule has 0 bridgehead atoms. The van der Waals surface area contributed by atoms with Gasteiger partial charge in [-0.3, -0.25) is 0 Å². The SMILES string of the molecule is Cc1cc(C)c2c(c1)C(C)c1cc(C)cc(C)c1OP(=O)(Oc1ccccc1)O2. The molecule has 0 N–H and O–H groups in total. The van der Waals surface area contributed by atoms with Gasteiger partial charge in [-0.1, -0.05) is 60.5 Å². The largest absolute Gasteiger partial charge is 0.647 e. The minimum absolute atomic E-state index is 0.0164. The first-order chi connectivity index (χ1) is 13.8. The third-order valence-electron chi connectivity index (χ3n) is 5.20. The van der Waals surface area contributed by atoms with Gasteiger partial charge in [-0.2, -0.15) is 4.57 Å². The standard InChI is InChI=1S/C24H25O4P/c1-15-11-17(3)23-21(13-15)19(5)22-14-16(2)12-18(4)24(22)28-29(25,27-23)26-20-9-7-6-8-10-20/h6-14,19H,1-5H3. The molecule has 0 radical (unpaired) electrons. The lowest BCUT2D eigenvalue weighted by atomic mass is 9.87. The van der Waals surface area contributed by atoms with Crippen molar-refractivity contribution in [3.8, 4) is 17.2 Å². The summed E-state index contributed by atoms with van der Waals surface area (Å²) in [5.41, 5.74) is 6.02. The van der Waals surface area contributed by atoms with Crippen molar-refractivity contribution in [3.05, 3.63) is 88.0 Å². The van der Waals surface area contributed by atoms with E-state index in [0.717, 1.165) is 33.4 Å². The summed E-state index contributed by atoms with van der Waals surface area (Å²) < 4.78 is 31.7. The highest BCUT2D eigenvalue weighted by atomic mass is 31.2. The van der Waals surface area contributed by atoms with E-state index in [4.69, 9.17) is 13.6 Å². The van der Waals surface area contributed by atoms with E-state index < -0.39 is 7.82 Å². The molecule has 0 aromatic heterocycles. The first kappa shape index (κ1) is 19.6. The maximum Gasteiger partial charge on any atom is 0.647 e. The summed E-state index contributed by atoms with van der Waals surface area (Å²) in [6.07, 6.45) is 0. The molecule has 0 amide bonds. The predicted molar refractivity (Wildman–Crippen MR) is 115 cm³/mol. The summed E-state index contributed by atoms with van der Waals surface area (Å²) in [4.78, 5) is 0. The molecule has 1 aliphatic rings. The molecule has 3 aromatic carbocycles. The summed E-state index contributed by atoms with van der Waals surface area (Å²) in [6, 6.07) is 17.2. The number of fused-ring (bicyclic) bond motifs is 2. The van der Waals surface area contributed by atoms with E-state index in [1.807, 2.05) is 44.2 Å². The number of para-hydroxylation sites is 1. The van der Waals surface area contributed by atoms with Gasteiger partial charge in [0.05, 0.1) is 0 Å². The van der Waals surface area contributed by atoms with E-state index in [-0.39, 0.29) is 5.92 Å². The highest BCUT2D eigenvalue weighted by Crippen LogP contribution is 2.56. The predicted octanol–water partition coefficient (Wildman–Crippen LogP) is 7.03. The maximum atomic E-state index is 13.8. The van der Waals surface area contributed by atoms with Gasteiger partial charge in [0.1, 0.15) is 17.2 Å². The minimum atomic E-state index is -3.98. The van der Waals surface area contributed by atoms with Crippen molar-refractivity contribution < 1.29 is 18.1 Å². The Morgan fingerprint density at radius 1 is 0.793 bits per heavy atom. The highest BCUT2D eigenvalue weighted by molar-refractivity contribution is 7.49. The Morgan fingerprint density at radius 2 is 1.28 bits per heavy atom. The zero-order chi connectivity index (χ0) is 20.8. The second-order valence-corrected chi connectivity index (χ2v) is 9.20. The van der Waals surface area contributed by atoms with Gasteiger partial charge in [-0.25, -0.2) is 0 Å². The second-order valence-electron chi connectivity index (χ2n) is 7.76. The van der Waals surface area contributed by atoms with Crippen LogP contribution in [0, 0.1) is 27.7 Å². The third kappa shape index (κ3) is 3.77. The number of rotatable bonds is 2.